The van der Waals surface area contributed by atoms with E-state index in [4.69, 9.17) is 22.7 Å². The SMILES string of the molecule is COc1ncccc1CN(CCC(N)=S)c1ccccc1. The van der Waals surface area contributed by atoms with Crippen LogP contribution in [0, 0.1) is 0 Å². The van der Waals surface area contributed by atoms with Gasteiger partial charge in [-0.2, -0.15) is 0 Å². The maximum atomic E-state index is 5.64. The van der Waals surface area contributed by atoms with Gasteiger partial charge in [-0.3, -0.25) is 0 Å². The van der Waals surface area contributed by atoms with E-state index < -0.39 is 0 Å². The molecule has 5 heteroatoms. The predicted molar refractivity (Wildman–Crippen MR) is 89.7 cm³/mol. The first kappa shape index (κ1) is 15.3. The highest BCUT2D eigenvalue weighted by atomic mass is 32.1. The van der Waals surface area contributed by atoms with Crippen molar-refractivity contribution < 1.29 is 4.74 Å². The van der Waals surface area contributed by atoms with Gasteiger partial charge in [0.2, 0.25) is 5.88 Å². The molecule has 1 heterocycles. The molecule has 0 amide bonds. The number of anilines is 1. The number of para-hydroxylation sites is 1. The molecule has 0 bridgehead atoms. The van der Waals surface area contributed by atoms with Crippen molar-refractivity contribution in [1.82, 2.24) is 4.98 Å². The van der Waals surface area contributed by atoms with E-state index in [9.17, 15) is 0 Å². The lowest BCUT2D eigenvalue weighted by atomic mass is 10.2. The molecule has 0 radical (unpaired) electrons. The summed E-state index contributed by atoms with van der Waals surface area (Å²) in [5, 5.41) is 0. The molecule has 0 fully saturated rings. The fourth-order valence-corrected chi connectivity index (χ4v) is 2.21. The highest BCUT2D eigenvalue weighted by Gasteiger charge is 2.11. The number of hydrogen-bond donors (Lipinski definition) is 1. The van der Waals surface area contributed by atoms with Crippen LogP contribution in [0.15, 0.2) is 48.7 Å². The van der Waals surface area contributed by atoms with Crippen LogP contribution in [0.4, 0.5) is 5.69 Å². The van der Waals surface area contributed by atoms with Gasteiger partial charge in [0, 0.05) is 37.0 Å². The Balaban J connectivity index is 2.21. The third-order valence-electron chi connectivity index (χ3n) is 3.15. The van der Waals surface area contributed by atoms with Crippen molar-refractivity contribution in [2.75, 3.05) is 18.6 Å². The van der Waals surface area contributed by atoms with Gasteiger partial charge in [-0.05, 0) is 18.2 Å². The Labute approximate surface area is 130 Å². The van der Waals surface area contributed by atoms with Crippen LogP contribution in [0.5, 0.6) is 5.88 Å². The average Bonchev–Trinajstić information content (AvgIpc) is 2.52. The van der Waals surface area contributed by atoms with Gasteiger partial charge in [-0.15, -0.1) is 0 Å². The molecule has 0 aliphatic rings. The van der Waals surface area contributed by atoms with Gasteiger partial charge < -0.3 is 15.4 Å². The Hall–Kier alpha value is -2.14. The lowest BCUT2D eigenvalue weighted by Crippen LogP contribution is -2.27. The van der Waals surface area contributed by atoms with Crippen molar-refractivity contribution in [3.05, 3.63) is 54.2 Å². The quantitative estimate of drug-likeness (QED) is 0.797. The van der Waals surface area contributed by atoms with Gasteiger partial charge in [-0.25, -0.2) is 4.98 Å². The Kier molecular flexibility index (Phi) is 5.51. The Bertz CT molecular complexity index is 589. The monoisotopic (exact) mass is 301 g/mol. The van der Waals surface area contributed by atoms with E-state index in [2.05, 4.69) is 22.0 Å². The van der Waals surface area contributed by atoms with Crippen molar-refractivity contribution in [1.29, 1.82) is 0 Å². The van der Waals surface area contributed by atoms with Gasteiger partial charge in [0.1, 0.15) is 0 Å². The number of methoxy groups -OCH3 is 1. The number of thiocarbonyl (C=S) groups is 1. The highest BCUT2D eigenvalue weighted by Crippen LogP contribution is 2.21. The Morgan fingerprint density at radius 2 is 2.00 bits per heavy atom. The van der Waals surface area contributed by atoms with Crippen LogP contribution in [0.25, 0.3) is 0 Å². The maximum Gasteiger partial charge on any atom is 0.218 e. The van der Waals surface area contributed by atoms with E-state index in [1.807, 2.05) is 30.3 Å². The second-order valence-electron chi connectivity index (χ2n) is 4.65. The summed E-state index contributed by atoms with van der Waals surface area (Å²) in [5.74, 6) is 0.647. The van der Waals surface area contributed by atoms with Crippen LogP contribution in [-0.4, -0.2) is 23.6 Å². The standard InChI is InChI=1S/C16H19N3OS/c1-20-16-13(6-5-10-18-16)12-19(11-9-15(17)21)14-7-3-2-4-8-14/h2-8,10H,9,11-12H2,1H3,(H2,17,21). The van der Waals surface area contributed by atoms with Gasteiger partial charge in [0.15, 0.2) is 0 Å². The van der Waals surface area contributed by atoms with Crippen molar-refractivity contribution in [3.8, 4) is 5.88 Å². The number of rotatable bonds is 7. The summed E-state index contributed by atoms with van der Waals surface area (Å²) in [4.78, 5) is 6.98. The van der Waals surface area contributed by atoms with Crippen molar-refractivity contribution >= 4 is 22.9 Å². The minimum Gasteiger partial charge on any atom is -0.481 e. The molecule has 1 aromatic carbocycles. The van der Waals surface area contributed by atoms with Crippen LogP contribution in [0.1, 0.15) is 12.0 Å². The predicted octanol–water partition coefficient (Wildman–Crippen LogP) is 2.77. The van der Waals surface area contributed by atoms with Crippen molar-refractivity contribution in [2.45, 2.75) is 13.0 Å². The molecule has 0 saturated heterocycles. The van der Waals surface area contributed by atoms with E-state index in [1.54, 1.807) is 13.3 Å². The molecule has 0 atom stereocenters. The zero-order chi connectivity index (χ0) is 15.1. The number of pyridine rings is 1. The molecule has 0 spiro atoms. The molecule has 0 aliphatic heterocycles. The molecule has 2 aromatic rings. The number of hydrogen-bond acceptors (Lipinski definition) is 4. The molecule has 1 aromatic heterocycles. The summed E-state index contributed by atoms with van der Waals surface area (Å²) in [6, 6.07) is 14.1. The van der Waals surface area contributed by atoms with Crippen LogP contribution < -0.4 is 15.4 Å². The second-order valence-corrected chi connectivity index (χ2v) is 5.17. The minimum atomic E-state index is 0.522. The molecule has 0 unspecified atom stereocenters. The summed E-state index contributed by atoms with van der Waals surface area (Å²) >= 11 is 4.99. The minimum absolute atomic E-state index is 0.522. The van der Waals surface area contributed by atoms with Crippen LogP contribution in [-0.2, 0) is 6.54 Å². The summed E-state index contributed by atoms with van der Waals surface area (Å²) in [7, 11) is 1.63. The zero-order valence-electron chi connectivity index (χ0n) is 12.0. The van der Waals surface area contributed by atoms with Gasteiger partial charge in [0.05, 0.1) is 12.1 Å². The molecular weight excluding hydrogens is 282 g/mol. The van der Waals surface area contributed by atoms with E-state index in [1.165, 1.54) is 0 Å². The van der Waals surface area contributed by atoms with E-state index >= 15 is 0 Å². The normalized spacial score (nSPS) is 10.1. The highest BCUT2D eigenvalue weighted by molar-refractivity contribution is 7.80. The van der Waals surface area contributed by atoms with Crippen molar-refractivity contribution in [2.24, 2.45) is 5.73 Å². The van der Waals surface area contributed by atoms with Gasteiger partial charge >= 0.3 is 0 Å². The van der Waals surface area contributed by atoms with Crippen LogP contribution in [0.3, 0.4) is 0 Å². The fraction of sp³-hybridized carbons (Fsp3) is 0.250. The largest absolute Gasteiger partial charge is 0.481 e. The Morgan fingerprint density at radius 3 is 2.67 bits per heavy atom. The van der Waals surface area contributed by atoms with Crippen LogP contribution >= 0.6 is 12.2 Å². The first-order valence-corrected chi connectivity index (χ1v) is 7.17. The number of benzene rings is 1. The lowest BCUT2D eigenvalue weighted by Gasteiger charge is -2.25. The summed E-state index contributed by atoms with van der Waals surface area (Å²) < 4.78 is 5.32. The fourth-order valence-electron chi connectivity index (χ4n) is 2.12. The molecule has 21 heavy (non-hydrogen) atoms. The lowest BCUT2D eigenvalue weighted by molar-refractivity contribution is 0.392. The van der Waals surface area contributed by atoms with Gasteiger partial charge in [0.25, 0.3) is 0 Å². The number of ether oxygens (including phenoxy) is 1. The van der Waals surface area contributed by atoms with Crippen molar-refractivity contribution in [3.63, 3.8) is 0 Å². The zero-order valence-corrected chi connectivity index (χ0v) is 12.8. The molecular formula is C16H19N3OS. The average molecular weight is 301 g/mol. The molecule has 110 valence electrons. The van der Waals surface area contributed by atoms with Gasteiger partial charge in [-0.1, -0.05) is 36.5 Å². The second kappa shape index (κ2) is 7.59. The van der Waals surface area contributed by atoms with E-state index in [-0.39, 0.29) is 0 Å². The number of aromatic nitrogens is 1. The van der Waals surface area contributed by atoms with E-state index in [0.717, 1.165) is 17.8 Å². The third-order valence-corrected chi connectivity index (χ3v) is 3.36. The summed E-state index contributed by atoms with van der Waals surface area (Å²) in [6.07, 6.45) is 2.40. The molecule has 4 nitrogen and oxygen atoms in total. The first-order chi connectivity index (χ1) is 10.2. The topological polar surface area (TPSA) is 51.4 Å². The maximum absolute atomic E-state index is 5.64. The third kappa shape index (κ3) is 4.43. The van der Waals surface area contributed by atoms with E-state index in [0.29, 0.717) is 23.8 Å². The molecule has 2 N–H and O–H groups in total. The molecule has 0 saturated carbocycles. The molecule has 2 rings (SSSR count). The first-order valence-electron chi connectivity index (χ1n) is 6.77. The molecule has 0 aliphatic carbocycles. The van der Waals surface area contributed by atoms with Crippen LogP contribution in [0.2, 0.25) is 0 Å². The number of nitrogens with two attached hydrogens (primary N) is 1. The summed E-state index contributed by atoms with van der Waals surface area (Å²) in [5.41, 5.74) is 7.79. The Morgan fingerprint density at radius 1 is 1.24 bits per heavy atom. The number of nitrogens with zero attached hydrogens (tertiary/aromatic N) is 2. The summed E-state index contributed by atoms with van der Waals surface area (Å²) in [6.45, 7) is 1.46. The smallest absolute Gasteiger partial charge is 0.218 e.